The van der Waals surface area contributed by atoms with Crippen molar-refractivity contribution in [3.05, 3.63) is 42.6 Å². The lowest BCUT2D eigenvalue weighted by molar-refractivity contribution is 0.0797. The van der Waals surface area contributed by atoms with E-state index in [2.05, 4.69) is 28.4 Å². The number of anilines is 1. The zero-order valence-electron chi connectivity index (χ0n) is 18.6. The van der Waals surface area contributed by atoms with Crippen LogP contribution in [0.15, 0.2) is 47.1 Å². The van der Waals surface area contributed by atoms with Gasteiger partial charge in [0.1, 0.15) is 5.52 Å². The van der Waals surface area contributed by atoms with Crippen LogP contribution in [0.25, 0.3) is 11.0 Å². The molecule has 4 N–H and O–H groups in total. The van der Waals surface area contributed by atoms with Crippen LogP contribution < -0.4 is 20.5 Å². The minimum atomic E-state index is -0.773. The summed E-state index contributed by atoms with van der Waals surface area (Å²) in [6.07, 6.45) is 3.60. The number of aromatic nitrogens is 3. The molecule has 0 saturated carbocycles. The van der Waals surface area contributed by atoms with Crippen LogP contribution in [0.1, 0.15) is 32.3 Å². The predicted molar refractivity (Wildman–Crippen MR) is 126 cm³/mol. The first-order chi connectivity index (χ1) is 15.3. The average molecular weight is 456 g/mol. The molecule has 4 rings (SSSR count). The maximum absolute atomic E-state index is 9.97. The minimum absolute atomic E-state index is 0.130. The number of hydrogen-bond donors (Lipinski definition) is 3. The number of aliphatic hydroxyl groups is 1. The number of nitrogen functional groups attached to an aromatic ring is 1. The molecule has 8 nitrogen and oxygen atoms in total. The summed E-state index contributed by atoms with van der Waals surface area (Å²) in [4.78, 5) is 10.0. The lowest BCUT2D eigenvalue weighted by atomic mass is 10.0. The van der Waals surface area contributed by atoms with Crippen molar-refractivity contribution in [3.8, 4) is 11.5 Å². The average Bonchev–Trinajstić information content (AvgIpc) is 3.34. The Bertz CT molecular complexity index is 1140. The van der Waals surface area contributed by atoms with E-state index in [-0.39, 0.29) is 12.7 Å². The van der Waals surface area contributed by atoms with Gasteiger partial charge in [-0.2, -0.15) is 0 Å². The smallest absolute Gasteiger partial charge is 0.231 e. The van der Waals surface area contributed by atoms with Gasteiger partial charge in [0.15, 0.2) is 22.5 Å². The summed E-state index contributed by atoms with van der Waals surface area (Å²) in [6.45, 7) is 11.7. The maximum Gasteiger partial charge on any atom is 0.231 e. The van der Waals surface area contributed by atoms with E-state index in [4.69, 9.17) is 20.2 Å². The van der Waals surface area contributed by atoms with Crippen molar-refractivity contribution in [2.24, 2.45) is 0 Å². The SMILES string of the molecule is C=CC(C)c1cc2c(cc1Sc1nc3c(N)nccc3n1CCNCC(C)(C)O)OCO2. The van der Waals surface area contributed by atoms with Crippen molar-refractivity contribution in [1.82, 2.24) is 19.9 Å². The largest absolute Gasteiger partial charge is 0.454 e. The normalized spacial score (nSPS) is 14.1. The van der Waals surface area contributed by atoms with Crippen LogP contribution in [-0.4, -0.2) is 45.1 Å². The Morgan fingerprint density at radius 3 is 2.84 bits per heavy atom. The lowest BCUT2D eigenvalue weighted by Gasteiger charge is -2.18. The third kappa shape index (κ3) is 4.69. The van der Waals surface area contributed by atoms with Gasteiger partial charge >= 0.3 is 0 Å². The zero-order valence-corrected chi connectivity index (χ0v) is 19.4. The molecule has 1 aliphatic rings. The second-order valence-electron chi connectivity index (χ2n) is 8.47. The molecular formula is C23H29N5O3S. The summed E-state index contributed by atoms with van der Waals surface area (Å²) in [6, 6.07) is 5.94. The van der Waals surface area contributed by atoms with Gasteiger partial charge in [0.05, 0.1) is 11.1 Å². The molecule has 0 amide bonds. The first-order valence-corrected chi connectivity index (χ1v) is 11.4. The Morgan fingerprint density at radius 1 is 1.38 bits per heavy atom. The highest BCUT2D eigenvalue weighted by Crippen LogP contribution is 2.43. The summed E-state index contributed by atoms with van der Waals surface area (Å²) in [5.41, 5.74) is 8.04. The highest BCUT2D eigenvalue weighted by molar-refractivity contribution is 7.99. The van der Waals surface area contributed by atoms with Crippen LogP contribution in [0.2, 0.25) is 0 Å². The standard InChI is InChI=1S/C23H29N5O3S/c1-5-14(2)15-10-17-18(31-13-30-17)11-19(15)32-22-27-20-16(6-7-26-21(20)24)28(22)9-8-25-12-23(3,4)29/h5-7,10-11,14,25,29H,1,8-9,12-13H2,2-4H3,(H2,24,26). The molecule has 0 spiro atoms. The topological polar surface area (TPSA) is 107 Å². The molecule has 9 heteroatoms. The number of fused-ring (bicyclic) bond motifs is 2. The highest BCUT2D eigenvalue weighted by Gasteiger charge is 2.22. The van der Waals surface area contributed by atoms with Gasteiger partial charge in [0, 0.05) is 30.7 Å². The first-order valence-electron chi connectivity index (χ1n) is 10.5. The molecule has 0 bridgehead atoms. The predicted octanol–water partition coefficient (Wildman–Crippen LogP) is 3.54. The van der Waals surface area contributed by atoms with E-state index in [0.717, 1.165) is 32.6 Å². The van der Waals surface area contributed by atoms with E-state index in [1.54, 1.807) is 31.8 Å². The summed E-state index contributed by atoms with van der Waals surface area (Å²) in [5.74, 6) is 2.00. The first kappa shape index (κ1) is 22.4. The Balaban J connectivity index is 1.70. The molecule has 3 aromatic rings. The third-order valence-corrected chi connectivity index (χ3v) is 6.35. The number of allylic oxidation sites excluding steroid dienone is 1. The summed E-state index contributed by atoms with van der Waals surface area (Å²) in [7, 11) is 0. The van der Waals surface area contributed by atoms with Gasteiger partial charge in [0.25, 0.3) is 0 Å². The van der Waals surface area contributed by atoms with Crippen molar-refractivity contribution < 1.29 is 14.6 Å². The quantitative estimate of drug-likeness (QED) is 0.332. The van der Waals surface area contributed by atoms with E-state index in [1.165, 1.54) is 0 Å². The van der Waals surface area contributed by atoms with Crippen molar-refractivity contribution in [2.75, 3.05) is 25.6 Å². The molecule has 0 aliphatic carbocycles. The number of ether oxygens (including phenoxy) is 2. The molecule has 1 atom stereocenters. The molecule has 0 radical (unpaired) electrons. The summed E-state index contributed by atoms with van der Waals surface area (Å²) < 4.78 is 13.3. The number of benzene rings is 1. The van der Waals surface area contributed by atoms with Crippen LogP contribution in [-0.2, 0) is 6.54 Å². The maximum atomic E-state index is 9.97. The van der Waals surface area contributed by atoms with Crippen LogP contribution in [0.3, 0.4) is 0 Å². The molecule has 1 aromatic carbocycles. The Kier molecular flexibility index (Phi) is 6.32. The summed E-state index contributed by atoms with van der Waals surface area (Å²) >= 11 is 1.56. The second-order valence-corrected chi connectivity index (χ2v) is 9.48. The Morgan fingerprint density at radius 2 is 2.12 bits per heavy atom. The van der Waals surface area contributed by atoms with Gasteiger partial charge < -0.3 is 30.2 Å². The Labute approximate surface area is 191 Å². The number of pyridine rings is 1. The second kappa shape index (κ2) is 9.01. The van der Waals surface area contributed by atoms with E-state index in [0.29, 0.717) is 31.0 Å². The monoisotopic (exact) mass is 455 g/mol. The molecule has 1 unspecified atom stereocenters. The fraction of sp³-hybridized carbons (Fsp3) is 0.391. The molecule has 0 fully saturated rings. The van der Waals surface area contributed by atoms with Gasteiger partial charge in [-0.3, -0.25) is 0 Å². The van der Waals surface area contributed by atoms with Gasteiger partial charge in [0.2, 0.25) is 6.79 Å². The highest BCUT2D eigenvalue weighted by atomic mass is 32.2. The number of rotatable bonds is 9. The molecule has 170 valence electrons. The third-order valence-electron chi connectivity index (χ3n) is 5.28. The molecule has 0 saturated heterocycles. The van der Waals surface area contributed by atoms with Crippen molar-refractivity contribution in [1.29, 1.82) is 0 Å². The molecule has 3 heterocycles. The van der Waals surface area contributed by atoms with Crippen molar-refractivity contribution >= 4 is 28.6 Å². The van der Waals surface area contributed by atoms with Gasteiger partial charge in [-0.25, -0.2) is 9.97 Å². The number of hydrogen-bond acceptors (Lipinski definition) is 8. The summed E-state index contributed by atoms with van der Waals surface area (Å²) in [5, 5.41) is 14.1. The molecule has 1 aliphatic heterocycles. The van der Waals surface area contributed by atoms with Crippen LogP contribution in [0, 0.1) is 0 Å². The van der Waals surface area contributed by atoms with E-state index in [9.17, 15) is 5.11 Å². The Hall–Kier alpha value is -2.75. The van der Waals surface area contributed by atoms with Crippen LogP contribution >= 0.6 is 11.8 Å². The molecule has 2 aromatic heterocycles. The van der Waals surface area contributed by atoms with Gasteiger partial charge in [-0.1, -0.05) is 24.8 Å². The van der Waals surface area contributed by atoms with Gasteiger partial charge in [-0.15, -0.1) is 6.58 Å². The zero-order chi connectivity index (χ0) is 22.9. The molecule has 32 heavy (non-hydrogen) atoms. The minimum Gasteiger partial charge on any atom is -0.454 e. The number of nitrogens with two attached hydrogens (primary N) is 1. The van der Waals surface area contributed by atoms with Gasteiger partial charge in [-0.05, 0) is 43.5 Å². The van der Waals surface area contributed by atoms with E-state index in [1.807, 2.05) is 24.3 Å². The fourth-order valence-corrected chi connectivity index (χ4v) is 4.70. The lowest BCUT2D eigenvalue weighted by Crippen LogP contribution is -2.36. The van der Waals surface area contributed by atoms with Crippen LogP contribution in [0.5, 0.6) is 11.5 Å². The van der Waals surface area contributed by atoms with Crippen molar-refractivity contribution in [2.45, 2.75) is 48.9 Å². The number of nitrogens with one attached hydrogen (secondary N) is 1. The van der Waals surface area contributed by atoms with E-state index < -0.39 is 5.60 Å². The number of imidazole rings is 1. The van der Waals surface area contributed by atoms with Crippen LogP contribution in [0.4, 0.5) is 5.82 Å². The number of nitrogens with zero attached hydrogens (tertiary/aromatic N) is 3. The van der Waals surface area contributed by atoms with E-state index >= 15 is 0 Å². The fourth-order valence-electron chi connectivity index (χ4n) is 3.54. The molecular weight excluding hydrogens is 426 g/mol. The van der Waals surface area contributed by atoms with Crippen molar-refractivity contribution in [3.63, 3.8) is 0 Å².